The highest BCUT2D eigenvalue weighted by Gasteiger charge is 2.27. The Labute approximate surface area is 112 Å². The highest BCUT2D eigenvalue weighted by atomic mass is 32.2. The maximum atomic E-state index is 12.9. The van der Waals surface area contributed by atoms with Crippen molar-refractivity contribution in [1.82, 2.24) is 0 Å². The molecule has 0 saturated carbocycles. The van der Waals surface area contributed by atoms with Crippen molar-refractivity contribution in [2.75, 3.05) is 5.75 Å². The second kappa shape index (κ2) is 6.60. The van der Waals surface area contributed by atoms with Crippen LogP contribution in [0.15, 0.2) is 18.2 Å². The summed E-state index contributed by atoms with van der Waals surface area (Å²) in [6, 6.07) is 2.67. The summed E-state index contributed by atoms with van der Waals surface area (Å²) < 4.78 is 12.9. The second-order valence-electron chi connectivity index (χ2n) is 3.78. The second-order valence-corrected chi connectivity index (χ2v) is 4.97. The molecule has 0 aliphatic carbocycles. The van der Waals surface area contributed by atoms with E-state index in [2.05, 4.69) is 0 Å². The van der Waals surface area contributed by atoms with Gasteiger partial charge in [0.25, 0.3) is 5.69 Å². The molecule has 1 rings (SSSR count). The summed E-state index contributed by atoms with van der Waals surface area (Å²) in [5.74, 6) is -0.916. The topological polar surface area (TPSA) is 101 Å². The molecule has 0 fully saturated rings. The summed E-state index contributed by atoms with van der Waals surface area (Å²) in [5, 5.41) is 30.0. The first-order chi connectivity index (χ1) is 8.82. The van der Waals surface area contributed by atoms with E-state index in [0.717, 1.165) is 23.9 Å². The van der Waals surface area contributed by atoms with E-state index in [1.807, 2.05) is 0 Å². The van der Waals surface area contributed by atoms with Crippen molar-refractivity contribution in [2.24, 2.45) is 0 Å². The van der Waals surface area contributed by atoms with Crippen molar-refractivity contribution in [3.8, 4) is 0 Å². The maximum absolute atomic E-state index is 12.9. The third kappa shape index (κ3) is 4.27. The molecule has 8 heteroatoms. The largest absolute Gasteiger partial charge is 0.389 e. The number of aliphatic hydroxyl groups is 2. The summed E-state index contributed by atoms with van der Waals surface area (Å²) in [6.07, 6.45) is -2.93. The van der Waals surface area contributed by atoms with E-state index < -0.39 is 28.6 Å². The van der Waals surface area contributed by atoms with Gasteiger partial charge in [-0.25, -0.2) is 4.39 Å². The predicted molar refractivity (Wildman–Crippen MR) is 67.2 cm³/mol. The molecule has 2 unspecified atom stereocenters. The summed E-state index contributed by atoms with van der Waals surface area (Å²) in [5.41, 5.74) is -0.803. The fourth-order valence-corrected chi connectivity index (χ4v) is 2.01. The van der Waals surface area contributed by atoms with Crippen LogP contribution in [0, 0.1) is 15.9 Å². The molecule has 19 heavy (non-hydrogen) atoms. The monoisotopic (exact) mass is 289 g/mol. The Morgan fingerprint density at radius 1 is 1.53 bits per heavy atom. The highest BCUT2D eigenvalue weighted by Crippen LogP contribution is 2.29. The zero-order chi connectivity index (χ0) is 14.6. The van der Waals surface area contributed by atoms with E-state index in [-0.39, 0.29) is 16.4 Å². The van der Waals surface area contributed by atoms with Crippen LogP contribution >= 0.6 is 11.8 Å². The lowest BCUT2D eigenvalue weighted by Gasteiger charge is -2.17. The molecule has 0 aromatic heterocycles. The highest BCUT2D eigenvalue weighted by molar-refractivity contribution is 8.13. The van der Waals surface area contributed by atoms with Crippen molar-refractivity contribution >= 4 is 22.6 Å². The van der Waals surface area contributed by atoms with Gasteiger partial charge < -0.3 is 10.2 Å². The number of halogens is 1. The van der Waals surface area contributed by atoms with E-state index in [9.17, 15) is 29.5 Å². The molecule has 0 spiro atoms. The van der Waals surface area contributed by atoms with Crippen LogP contribution in [-0.4, -0.2) is 32.1 Å². The Kier molecular flexibility index (Phi) is 5.40. The van der Waals surface area contributed by atoms with Crippen LogP contribution in [0.2, 0.25) is 0 Å². The summed E-state index contributed by atoms with van der Waals surface area (Å²) >= 11 is 0.787. The molecule has 0 bridgehead atoms. The molecule has 1 aromatic rings. The number of nitrogens with zero attached hydrogens (tertiary/aromatic N) is 1. The molecular formula is C11H12FNO5S. The zero-order valence-corrected chi connectivity index (χ0v) is 10.8. The Morgan fingerprint density at radius 3 is 2.68 bits per heavy atom. The standard InChI is InChI=1S/C11H12FNO5S/c1-6(14)19-5-10(15)11(16)8-3-2-7(12)4-9(8)13(17)18/h2-4,10-11,15-16H,5H2,1H3. The minimum atomic E-state index is -1.56. The molecule has 0 aliphatic heterocycles. The fourth-order valence-electron chi connectivity index (χ4n) is 1.43. The Hall–Kier alpha value is -1.51. The molecule has 0 amide bonds. The molecule has 6 nitrogen and oxygen atoms in total. The Morgan fingerprint density at radius 2 is 2.16 bits per heavy atom. The van der Waals surface area contributed by atoms with Crippen LogP contribution in [0.3, 0.4) is 0 Å². The first kappa shape index (κ1) is 15.5. The fraction of sp³-hybridized carbons (Fsp3) is 0.364. The van der Waals surface area contributed by atoms with Crippen molar-refractivity contribution in [2.45, 2.75) is 19.1 Å². The number of hydrogen-bond acceptors (Lipinski definition) is 6. The molecule has 2 atom stereocenters. The average Bonchev–Trinajstić information content (AvgIpc) is 2.34. The average molecular weight is 289 g/mol. The first-order valence-corrected chi connectivity index (χ1v) is 6.24. The normalized spacial score (nSPS) is 13.9. The summed E-state index contributed by atoms with van der Waals surface area (Å²) in [4.78, 5) is 20.7. The lowest BCUT2D eigenvalue weighted by Crippen LogP contribution is -2.22. The van der Waals surface area contributed by atoms with E-state index >= 15 is 0 Å². The van der Waals surface area contributed by atoms with E-state index in [1.54, 1.807) is 0 Å². The number of thioether (sulfide) groups is 1. The molecule has 104 valence electrons. The first-order valence-electron chi connectivity index (χ1n) is 5.26. The Bertz CT molecular complexity index is 496. The number of benzene rings is 1. The maximum Gasteiger partial charge on any atom is 0.278 e. The smallest absolute Gasteiger partial charge is 0.278 e. The number of nitro benzene ring substituents is 1. The Balaban J connectivity index is 2.95. The van der Waals surface area contributed by atoms with Crippen LogP contribution in [0.25, 0.3) is 0 Å². The van der Waals surface area contributed by atoms with Gasteiger partial charge in [-0.3, -0.25) is 14.9 Å². The number of aliphatic hydroxyl groups excluding tert-OH is 2. The van der Waals surface area contributed by atoms with E-state index in [0.29, 0.717) is 6.07 Å². The van der Waals surface area contributed by atoms with Gasteiger partial charge in [-0.15, -0.1) is 0 Å². The van der Waals surface area contributed by atoms with Crippen molar-refractivity contribution in [1.29, 1.82) is 0 Å². The van der Waals surface area contributed by atoms with Crippen LogP contribution in [0.4, 0.5) is 10.1 Å². The van der Waals surface area contributed by atoms with Crippen LogP contribution in [-0.2, 0) is 4.79 Å². The van der Waals surface area contributed by atoms with Crippen LogP contribution in [0.1, 0.15) is 18.6 Å². The van der Waals surface area contributed by atoms with Gasteiger partial charge >= 0.3 is 0 Å². The lowest BCUT2D eigenvalue weighted by molar-refractivity contribution is -0.386. The molecule has 0 heterocycles. The molecular weight excluding hydrogens is 277 g/mol. The van der Waals surface area contributed by atoms with Crippen LogP contribution < -0.4 is 0 Å². The predicted octanol–water partition coefficient (Wildman–Crippen LogP) is 1.41. The molecule has 1 aromatic carbocycles. The number of rotatable bonds is 5. The molecule has 2 N–H and O–H groups in total. The third-order valence-corrected chi connectivity index (χ3v) is 3.24. The SMILES string of the molecule is CC(=O)SCC(O)C(O)c1ccc(F)cc1[N+](=O)[O-]. The summed E-state index contributed by atoms with van der Waals surface area (Å²) in [7, 11) is 0. The van der Waals surface area contributed by atoms with Crippen molar-refractivity contribution in [3.05, 3.63) is 39.7 Å². The number of hydrogen-bond donors (Lipinski definition) is 2. The number of nitro groups is 1. The van der Waals surface area contributed by atoms with Gasteiger partial charge in [0.15, 0.2) is 5.12 Å². The van der Waals surface area contributed by atoms with Crippen LogP contribution in [0.5, 0.6) is 0 Å². The zero-order valence-electron chi connectivity index (χ0n) is 9.95. The molecule has 0 radical (unpaired) electrons. The van der Waals surface area contributed by atoms with Gasteiger partial charge in [0.1, 0.15) is 11.9 Å². The van der Waals surface area contributed by atoms with Gasteiger partial charge in [-0.05, 0) is 12.1 Å². The number of carbonyl (C=O) groups excluding carboxylic acids is 1. The summed E-state index contributed by atoms with van der Waals surface area (Å²) in [6.45, 7) is 1.30. The van der Waals surface area contributed by atoms with Crippen molar-refractivity contribution in [3.63, 3.8) is 0 Å². The van der Waals surface area contributed by atoms with Gasteiger partial charge in [-0.2, -0.15) is 0 Å². The quantitative estimate of drug-likeness (QED) is 0.628. The van der Waals surface area contributed by atoms with E-state index in [4.69, 9.17) is 0 Å². The minimum absolute atomic E-state index is 0.106. The van der Waals surface area contributed by atoms with Gasteiger partial charge in [0.05, 0.1) is 22.7 Å². The van der Waals surface area contributed by atoms with Gasteiger partial charge in [-0.1, -0.05) is 11.8 Å². The minimum Gasteiger partial charge on any atom is -0.389 e. The van der Waals surface area contributed by atoms with E-state index in [1.165, 1.54) is 6.92 Å². The van der Waals surface area contributed by atoms with Crippen molar-refractivity contribution < 1.29 is 24.3 Å². The van der Waals surface area contributed by atoms with Gasteiger partial charge in [0.2, 0.25) is 0 Å². The lowest BCUT2D eigenvalue weighted by atomic mass is 10.0. The third-order valence-electron chi connectivity index (χ3n) is 2.33. The molecule has 0 aliphatic rings. The molecule has 0 saturated heterocycles. The van der Waals surface area contributed by atoms with Gasteiger partial charge in [0, 0.05) is 12.7 Å². The number of carbonyl (C=O) groups is 1.